The molecule has 1 amide bonds. The van der Waals surface area contributed by atoms with E-state index >= 15 is 0 Å². The van der Waals surface area contributed by atoms with Crippen molar-refractivity contribution in [1.82, 2.24) is 4.98 Å². The Bertz CT molecular complexity index is 521. The molecule has 5 heteroatoms. The van der Waals surface area contributed by atoms with E-state index in [0.29, 0.717) is 16.9 Å². The lowest BCUT2D eigenvalue weighted by Crippen LogP contribution is -2.13. The van der Waals surface area contributed by atoms with Crippen LogP contribution in [0.3, 0.4) is 0 Å². The molecular weight excluding hydrogens is 222 g/mol. The Morgan fingerprint density at radius 1 is 1.50 bits per heavy atom. The number of nitrogens with two attached hydrogens (primary N) is 1. The number of carbonyl (C=O) groups excluding carboxylic acids is 1. The standard InChI is InChI=1S/C11H11N3OS/c1-7-5-16-6-8(7)11(15)14-10-2-3-13-4-9(10)12/h2-6H,12H2,1H3,(H,13,14,15). The molecule has 3 N–H and O–H groups in total. The van der Waals surface area contributed by atoms with Crippen molar-refractivity contribution < 1.29 is 4.79 Å². The Morgan fingerprint density at radius 2 is 2.31 bits per heavy atom. The molecule has 0 aliphatic rings. The number of nitrogens with zero attached hydrogens (tertiary/aromatic N) is 1. The highest BCUT2D eigenvalue weighted by molar-refractivity contribution is 7.08. The van der Waals surface area contributed by atoms with Crippen molar-refractivity contribution in [3.63, 3.8) is 0 Å². The van der Waals surface area contributed by atoms with Crippen molar-refractivity contribution in [3.8, 4) is 0 Å². The Balaban J connectivity index is 2.21. The molecule has 4 nitrogen and oxygen atoms in total. The highest BCUT2D eigenvalue weighted by Gasteiger charge is 2.10. The average Bonchev–Trinajstić information content (AvgIpc) is 2.68. The fraction of sp³-hybridized carbons (Fsp3) is 0.0909. The van der Waals surface area contributed by atoms with Crippen molar-refractivity contribution in [3.05, 3.63) is 40.3 Å². The molecule has 0 fully saturated rings. The minimum atomic E-state index is -0.142. The van der Waals surface area contributed by atoms with Gasteiger partial charge >= 0.3 is 0 Å². The van der Waals surface area contributed by atoms with Gasteiger partial charge in [-0.2, -0.15) is 11.3 Å². The largest absolute Gasteiger partial charge is 0.396 e. The molecule has 16 heavy (non-hydrogen) atoms. The van der Waals surface area contributed by atoms with E-state index in [4.69, 9.17) is 5.73 Å². The lowest BCUT2D eigenvalue weighted by molar-refractivity contribution is 0.102. The second-order valence-corrected chi connectivity index (χ2v) is 4.13. The molecule has 0 spiro atoms. The maximum Gasteiger partial charge on any atom is 0.256 e. The SMILES string of the molecule is Cc1cscc1C(=O)Nc1ccncc1N. The number of rotatable bonds is 2. The smallest absolute Gasteiger partial charge is 0.256 e. The number of hydrogen-bond acceptors (Lipinski definition) is 4. The van der Waals surface area contributed by atoms with E-state index in [1.54, 1.807) is 12.3 Å². The highest BCUT2D eigenvalue weighted by atomic mass is 32.1. The van der Waals surface area contributed by atoms with Crippen molar-refractivity contribution in [2.75, 3.05) is 11.1 Å². The predicted octanol–water partition coefficient (Wildman–Crippen LogP) is 2.29. The third-order valence-corrected chi connectivity index (χ3v) is 3.06. The van der Waals surface area contributed by atoms with Crippen LogP contribution < -0.4 is 11.1 Å². The number of thiophene rings is 1. The van der Waals surface area contributed by atoms with Gasteiger partial charge in [0.05, 0.1) is 23.1 Å². The first-order valence-corrected chi connectivity index (χ1v) is 5.66. The lowest BCUT2D eigenvalue weighted by atomic mass is 10.2. The van der Waals surface area contributed by atoms with Crippen molar-refractivity contribution in [2.45, 2.75) is 6.92 Å². The number of nitrogen functional groups attached to an aromatic ring is 1. The molecule has 0 aliphatic heterocycles. The van der Waals surface area contributed by atoms with Crippen LogP contribution in [-0.2, 0) is 0 Å². The Labute approximate surface area is 97.1 Å². The number of amides is 1. The first kappa shape index (κ1) is 10.6. The summed E-state index contributed by atoms with van der Waals surface area (Å²) in [5, 5.41) is 6.51. The van der Waals surface area contributed by atoms with Crippen LogP contribution in [0.1, 0.15) is 15.9 Å². The summed E-state index contributed by atoms with van der Waals surface area (Å²) in [6.45, 7) is 1.90. The maximum absolute atomic E-state index is 11.9. The molecule has 0 bridgehead atoms. The van der Waals surface area contributed by atoms with E-state index in [-0.39, 0.29) is 5.91 Å². The van der Waals surface area contributed by atoms with E-state index in [2.05, 4.69) is 10.3 Å². The Morgan fingerprint density at radius 3 is 2.94 bits per heavy atom. The third kappa shape index (κ3) is 2.04. The molecule has 0 saturated heterocycles. The number of anilines is 2. The zero-order chi connectivity index (χ0) is 11.5. The topological polar surface area (TPSA) is 68.0 Å². The maximum atomic E-state index is 11.9. The van der Waals surface area contributed by atoms with Crippen molar-refractivity contribution in [1.29, 1.82) is 0 Å². The molecule has 2 rings (SSSR count). The van der Waals surface area contributed by atoms with E-state index in [0.717, 1.165) is 5.56 Å². The monoisotopic (exact) mass is 233 g/mol. The fourth-order valence-electron chi connectivity index (χ4n) is 1.30. The van der Waals surface area contributed by atoms with Gasteiger partial charge in [0.1, 0.15) is 0 Å². The summed E-state index contributed by atoms with van der Waals surface area (Å²) < 4.78 is 0. The zero-order valence-electron chi connectivity index (χ0n) is 8.73. The average molecular weight is 233 g/mol. The van der Waals surface area contributed by atoms with E-state index in [9.17, 15) is 4.79 Å². The molecule has 2 aromatic rings. The van der Waals surface area contributed by atoms with Gasteiger partial charge in [0.25, 0.3) is 5.91 Å². The zero-order valence-corrected chi connectivity index (χ0v) is 9.54. The summed E-state index contributed by atoms with van der Waals surface area (Å²) >= 11 is 1.50. The number of pyridine rings is 1. The van der Waals surface area contributed by atoms with Gasteiger partial charge < -0.3 is 11.1 Å². The number of aromatic nitrogens is 1. The molecule has 0 unspecified atom stereocenters. The van der Waals surface area contributed by atoms with Gasteiger partial charge in [-0.1, -0.05) is 0 Å². The third-order valence-electron chi connectivity index (χ3n) is 2.20. The lowest BCUT2D eigenvalue weighted by Gasteiger charge is -2.06. The van der Waals surface area contributed by atoms with E-state index in [1.807, 2.05) is 17.7 Å². The van der Waals surface area contributed by atoms with Crippen LogP contribution in [0.15, 0.2) is 29.2 Å². The quantitative estimate of drug-likeness (QED) is 0.836. The van der Waals surface area contributed by atoms with Crippen LogP contribution in [0, 0.1) is 6.92 Å². The number of carbonyl (C=O) groups is 1. The minimum absolute atomic E-state index is 0.142. The van der Waals surface area contributed by atoms with Crippen LogP contribution >= 0.6 is 11.3 Å². The summed E-state index contributed by atoms with van der Waals surface area (Å²) in [6, 6.07) is 1.68. The van der Waals surface area contributed by atoms with Gasteiger partial charge in [-0.3, -0.25) is 9.78 Å². The summed E-state index contributed by atoms with van der Waals surface area (Å²) in [5.41, 5.74) is 8.39. The number of nitrogens with one attached hydrogen (secondary N) is 1. The molecular formula is C11H11N3OS. The number of aryl methyl sites for hydroxylation is 1. The second-order valence-electron chi connectivity index (χ2n) is 3.39. The molecule has 2 aromatic heterocycles. The van der Waals surface area contributed by atoms with Gasteiger partial charge in [-0.25, -0.2) is 0 Å². The van der Waals surface area contributed by atoms with Crippen molar-refractivity contribution >= 4 is 28.6 Å². The summed E-state index contributed by atoms with van der Waals surface area (Å²) in [6.07, 6.45) is 3.10. The molecule has 2 heterocycles. The summed E-state index contributed by atoms with van der Waals surface area (Å²) in [7, 11) is 0. The van der Waals surface area contributed by atoms with Gasteiger partial charge in [0, 0.05) is 11.6 Å². The Kier molecular flexibility index (Phi) is 2.87. The van der Waals surface area contributed by atoms with E-state index < -0.39 is 0 Å². The second kappa shape index (κ2) is 4.32. The van der Waals surface area contributed by atoms with Gasteiger partial charge in [0.15, 0.2) is 0 Å². The Hall–Kier alpha value is -1.88. The normalized spacial score (nSPS) is 10.1. The van der Waals surface area contributed by atoms with Crippen LogP contribution in [0.4, 0.5) is 11.4 Å². The van der Waals surface area contributed by atoms with Crippen LogP contribution in [0.5, 0.6) is 0 Å². The van der Waals surface area contributed by atoms with E-state index in [1.165, 1.54) is 17.5 Å². The minimum Gasteiger partial charge on any atom is -0.396 e. The van der Waals surface area contributed by atoms with Gasteiger partial charge in [0.2, 0.25) is 0 Å². The molecule has 0 atom stereocenters. The fourth-order valence-corrected chi connectivity index (χ4v) is 2.13. The van der Waals surface area contributed by atoms with Crippen LogP contribution in [0.25, 0.3) is 0 Å². The van der Waals surface area contributed by atoms with Crippen molar-refractivity contribution in [2.24, 2.45) is 0 Å². The van der Waals surface area contributed by atoms with Gasteiger partial charge in [-0.15, -0.1) is 0 Å². The van der Waals surface area contributed by atoms with Crippen LogP contribution in [-0.4, -0.2) is 10.9 Å². The van der Waals surface area contributed by atoms with Gasteiger partial charge in [-0.05, 0) is 23.9 Å². The molecule has 82 valence electrons. The predicted molar refractivity (Wildman–Crippen MR) is 65.7 cm³/mol. The molecule has 0 radical (unpaired) electrons. The number of hydrogen-bond donors (Lipinski definition) is 2. The first-order valence-electron chi connectivity index (χ1n) is 4.72. The highest BCUT2D eigenvalue weighted by Crippen LogP contribution is 2.19. The molecule has 0 aliphatic carbocycles. The first-order chi connectivity index (χ1) is 7.68. The summed E-state index contributed by atoms with van der Waals surface area (Å²) in [5.74, 6) is -0.142. The molecule has 0 aromatic carbocycles. The molecule has 0 saturated carbocycles. The summed E-state index contributed by atoms with van der Waals surface area (Å²) in [4.78, 5) is 15.7. The van der Waals surface area contributed by atoms with Crippen LogP contribution in [0.2, 0.25) is 0 Å².